The maximum atomic E-state index is 13.7. The first kappa shape index (κ1) is 21.4. The van der Waals surface area contributed by atoms with Crippen LogP contribution in [0.5, 0.6) is 0 Å². The number of nitrogens with zero attached hydrogens (tertiary/aromatic N) is 3. The zero-order valence-electron chi connectivity index (χ0n) is 17.4. The topological polar surface area (TPSA) is 33.1 Å². The molecule has 0 aliphatic carbocycles. The van der Waals surface area contributed by atoms with Crippen molar-refractivity contribution in [3.8, 4) is 5.69 Å². The molecular weight excluding hydrogens is 421 g/mol. The molecule has 0 amide bonds. The van der Waals surface area contributed by atoms with Crippen LogP contribution >= 0.6 is 12.2 Å². The number of hydrogen-bond acceptors (Lipinski definition) is 2. The molecule has 2 aromatic heterocycles. The van der Waals surface area contributed by atoms with Gasteiger partial charge in [-0.15, -0.1) is 0 Å². The predicted molar refractivity (Wildman–Crippen MR) is 118 cm³/mol. The summed E-state index contributed by atoms with van der Waals surface area (Å²) in [5.41, 5.74) is 2.73. The minimum atomic E-state index is -4.44. The molecule has 2 atom stereocenters. The molecule has 162 valence electrons. The van der Waals surface area contributed by atoms with E-state index in [4.69, 9.17) is 12.2 Å². The molecule has 4 nitrogen and oxygen atoms in total. The summed E-state index contributed by atoms with van der Waals surface area (Å²) in [4.78, 5) is 6.56. The number of aromatic nitrogens is 2. The Hall–Kier alpha value is -2.87. The van der Waals surface area contributed by atoms with Crippen molar-refractivity contribution in [2.24, 2.45) is 0 Å². The van der Waals surface area contributed by atoms with Crippen LogP contribution in [0.2, 0.25) is 0 Å². The first-order valence-corrected chi connectivity index (χ1v) is 10.5. The Balaban J connectivity index is 1.87. The summed E-state index contributed by atoms with van der Waals surface area (Å²) < 4.78 is 42.8. The molecule has 1 N–H and O–H groups in total. The maximum absolute atomic E-state index is 13.7. The normalized spacial score (nSPS) is 19.0. The van der Waals surface area contributed by atoms with Gasteiger partial charge in [-0.2, -0.15) is 13.2 Å². The third-order valence-electron chi connectivity index (χ3n) is 5.78. The van der Waals surface area contributed by atoms with Crippen LogP contribution in [-0.4, -0.2) is 26.1 Å². The Kier molecular flexibility index (Phi) is 5.51. The van der Waals surface area contributed by atoms with Crippen molar-refractivity contribution < 1.29 is 13.2 Å². The number of alkyl halides is 3. The average molecular weight is 445 g/mol. The molecule has 1 aromatic carbocycles. The number of likely N-dealkylation sites (N-methyl/N-ethyl adjacent to an activating group) is 1. The molecule has 3 heterocycles. The van der Waals surface area contributed by atoms with E-state index in [1.807, 2.05) is 45.0 Å². The van der Waals surface area contributed by atoms with Crippen LogP contribution in [0.4, 0.5) is 13.2 Å². The lowest BCUT2D eigenvalue weighted by molar-refractivity contribution is -0.137. The summed E-state index contributed by atoms with van der Waals surface area (Å²) in [5.74, 6) is 0. The second kappa shape index (κ2) is 8.00. The number of pyridine rings is 1. The Morgan fingerprint density at radius 3 is 2.45 bits per heavy atom. The standard InChI is InChI=1S/C23H23F3N4S/c1-4-29-21(20(28-22(29)31)18-10-7-8-12-27-18)16-13-14(2)30(15(16)3)19-11-6-5-9-17(19)23(24,25)26/h5-13,20-21H,4H2,1-3H3,(H,28,31)/t20-,21-/m0/s1. The summed E-state index contributed by atoms with van der Waals surface area (Å²) in [6.45, 7) is 6.37. The second-order valence-corrected chi connectivity index (χ2v) is 7.98. The summed E-state index contributed by atoms with van der Waals surface area (Å²) in [7, 11) is 0. The molecule has 1 aliphatic heterocycles. The van der Waals surface area contributed by atoms with Gasteiger partial charge in [0.2, 0.25) is 0 Å². The van der Waals surface area contributed by atoms with E-state index >= 15 is 0 Å². The van der Waals surface area contributed by atoms with Crippen LogP contribution < -0.4 is 5.32 Å². The third-order valence-corrected chi connectivity index (χ3v) is 6.13. The monoisotopic (exact) mass is 444 g/mol. The molecule has 3 aromatic rings. The molecule has 0 bridgehead atoms. The Morgan fingerprint density at radius 1 is 1.10 bits per heavy atom. The van der Waals surface area contributed by atoms with Gasteiger partial charge in [-0.25, -0.2) is 0 Å². The van der Waals surface area contributed by atoms with Crippen molar-refractivity contribution in [2.75, 3.05) is 6.54 Å². The van der Waals surface area contributed by atoms with Gasteiger partial charge < -0.3 is 14.8 Å². The van der Waals surface area contributed by atoms with Gasteiger partial charge in [0.15, 0.2) is 5.11 Å². The number of thiocarbonyl (C=S) groups is 1. The maximum Gasteiger partial charge on any atom is 0.418 e. The van der Waals surface area contributed by atoms with Crippen LogP contribution in [0.15, 0.2) is 54.7 Å². The van der Waals surface area contributed by atoms with Gasteiger partial charge in [-0.3, -0.25) is 4.98 Å². The first-order valence-electron chi connectivity index (χ1n) is 10.1. The Morgan fingerprint density at radius 2 is 1.81 bits per heavy atom. The van der Waals surface area contributed by atoms with Crippen LogP contribution in [0, 0.1) is 13.8 Å². The lowest BCUT2D eigenvalue weighted by Gasteiger charge is -2.27. The summed E-state index contributed by atoms with van der Waals surface area (Å²) in [5, 5.41) is 3.97. The molecule has 1 saturated heterocycles. The van der Waals surface area contributed by atoms with Crippen LogP contribution in [0.3, 0.4) is 0 Å². The summed E-state index contributed by atoms with van der Waals surface area (Å²) in [6, 6.07) is 13.0. The van der Waals surface area contributed by atoms with Crippen LogP contribution in [0.1, 0.15) is 47.2 Å². The summed E-state index contributed by atoms with van der Waals surface area (Å²) in [6.07, 6.45) is -2.71. The number of para-hydroxylation sites is 1. The molecule has 0 unspecified atom stereocenters. The zero-order chi connectivity index (χ0) is 22.3. The molecule has 31 heavy (non-hydrogen) atoms. The average Bonchev–Trinajstić information content (AvgIpc) is 3.23. The SMILES string of the molecule is CCN1C(=S)N[C@@H](c2ccccn2)[C@@H]1c1cc(C)n(-c2ccccc2C(F)(F)F)c1C. The van der Waals surface area contributed by atoms with Gasteiger partial charge in [-0.05, 0) is 68.9 Å². The Labute approximate surface area is 184 Å². The smallest absolute Gasteiger partial charge is 0.352 e. The first-order chi connectivity index (χ1) is 14.7. The minimum absolute atomic E-state index is 0.127. The van der Waals surface area contributed by atoms with E-state index < -0.39 is 11.7 Å². The van der Waals surface area contributed by atoms with Gasteiger partial charge in [-0.1, -0.05) is 18.2 Å². The minimum Gasteiger partial charge on any atom is -0.352 e. The van der Waals surface area contributed by atoms with E-state index in [0.717, 1.165) is 28.7 Å². The molecule has 1 fully saturated rings. The quantitative estimate of drug-likeness (QED) is 0.539. The number of hydrogen-bond donors (Lipinski definition) is 1. The fourth-order valence-electron chi connectivity index (χ4n) is 4.45. The van der Waals surface area contributed by atoms with Crippen molar-refractivity contribution in [3.05, 3.63) is 82.9 Å². The van der Waals surface area contributed by atoms with E-state index in [1.165, 1.54) is 12.1 Å². The number of aryl methyl sites for hydroxylation is 1. The number of benzene rings is 1. The van der Waals surface area contributed by atoms with Crippen molar-refractivity contribution in [3.63, 3.8) is 0 Å². The van der Waals surface area contributed by atoms with Gasteiger partial charge in [0.25, 0.3) is 0 Å². The lowest BCUT2D eigenvalue weighted by atomic mass is 9.97. The number of rotatable bonds is 4. The van der Waals surface area contributed by atoms with Gasteiger partial charge in [0.1, 0.15) is 0 Å². The highest BCUT2D eigenvalue weighted by Crippen LogP contribution is 2.42. The molecule has 0 spiro atoms. The van der Waals surface area contributed by atoms with Crippen molar-refractivity contribution in [1.82, 2.24) is 19.8 Å². The van der Waals surface area contributed by atoms with Crippen molar-refractivity contribution >= 4 is 17.3 Å². The predicted octanol–water partition coefficient (Wildman–Crippen LogP) is 5.50. The highest BCUT2D eigenvalue weighted by molar-refractivity contribution is 7.80. The zero-order valence-corrected chi connectivity index (χ0v) is 18.3. The highest BCUT2D eigenvalue weighted by atomic mass is 32.1. The highest BCUT2D eigenvalue weighted by Gasteiger charge is 2.41. The molecule has 0 radical (unpaired) electrons. The van der Waals surface area contributed by atoms with E-state index in [-0.39, 0.29) is 17.8 Å². The van der Waals surface area contributed by atoms with Crippen LogP contribution in [0.25, 0.3) is 5.69 Å². The fourth-order valence-corrected chi connectivity index (χ4v) is 4.82. The number of nitrogens with one attached hydrogen (secondary N) is 1. The second-order valence-electron chi connectivity index (χ2n) is 7.59. The van der Waals surface area contributed by atoms with E-state index in [9.17, 15) is 13.2 Å². The summed E-state index contributed by atoms with van der Waals surface area (Å²) >= 11 is 5.57. The molecular formula is C23H23F3N4S. The third kappa shape index (κ3) is 3.69. The largest absolute Gasteiger partial charge is 0.418 e. The van der Waals surface area contributed by atoms with Crippen LogP contribution in [-0.2, 0) is 6.18 Å². The molecule has 4 rings (SSSR count). The van der Waals surface area contributed by atoms with Crippen molar-refractivity contribution in [2.45, 2.75) is 39.0 Å². The van der Waals surface area contributed by atoms with E-state index in [2.05, 4.69) is 15.2 Å². The molecule has 8 heteroatoms. The van der Waals surface area contributed by atoms with Gasteiger partial charge in [0, 0.05) is 24.1 Å². The van der Waals surface area contributed by atoms with E-state index in [1.54, 1.807) is 16.8 Å². The lowest BCUT2D eigenvalue weighted by Crippen LogP contribution is -2.29. The Bertz CT molecular complexity index is 1110. The van der Waals surface area contributed by atoms with Gasteiger partial charge in [0.05, 0.1) is 29.0 Å². The fraction of sp³-hybridized carbons (Fsp3) is 0.304. The van der Waals surface area contributed by atoms with Gasteiger partial charge >= 0.3 is 6.18 Å². The van der Waals surface area contributed by atoms with Crippen molar-refractivity contribution in [1.29, 1.82) is 0 Å². The molecule has 0 saturated carbocycles. The molecule has 1 aliphatic rings. The number of halogens is 3. The van der Waals surface area contributed by atoms with E-state index in [0.29, 0.717) is 11.7 Å².